The van der Waals surface area contributed by atoms with Gasteiger partial charge < -0.3 is 10.6 Å². The molecule has 0 spiro atoms. The van der Waals surface area contributed by atoms with Crippen molar-refractivity contribution < 1.29 is 14.0 Å². The van der Waals surface area contributed by atoms with Gasteiger partial charge in [0.2, 0.25) is 11.8 Å². The number of nitrogens with zero attached hydrogens (tertiary/aromatic N) is 1. The van der Waals surface area contributed by atoms with E-state index in [9.17, 15) is 14.0 Å². The number of primary amides is 1. The number of nitrogens with two attached hydrogens (primary N) is 1. The third-order valence-electron chi connectivity index (χ3n) is 3.02. The number of hydrogen-bond acceptors (Lipinski definition) is 2. The Bertz CT molecular complexity index is 510. The molecule has 18 heavy (non-hydrogen) atoms. The topological polar surface area (TPSA) is 63.4 Å². The molecule has 4 nitrogen and oxygen atoms in total. The summed E-state index contributed by atoms with van der Waals surface area (Å²) in [4.78, 5) is 24.5. The zero-order valence-corrected chi connectivity index (χ0v) is 11.3. The van der Waals surface area contributed by atoms with Crippen LogP contribution >= 0.6 is 15.9 Å². The molecular formula is C12H12BrFN2O2. The first-order valence-electron chi connectivity index (χ1n) is 5.45. The van der Waals surface area contributed by atoms with Crippen molar-refractivity contribution >= 4 is 33.4 Å². The number of anilines is 1. The number of hydrogen-bond donors (Lipinski definition) is 1. The number of benzene rings is 1. The SMILES string of the molecule is Cc1cc(F)cc(Br)c1N1CC(C(N)=O)CC1=O. The Labute approximate surface area is 112 Å². The fourth-order valence-electron chi connectivity index (χ4n) is 2.15. The lowest BCUT2D eigenvalue weighted by atomic mass is 10.1. The van der Waals surface area contributed by atoms with Crippen LogP contribution < -0.4 is 10.6 Å². The standard InChI is InChI=1S/C12H12BrFN2O2/c1-6-2-8(14)4-9(13)11(6)16-5-7(12(15)18)3-10(16)17/h2,4,7H,3,5H2,1H3,(H2,15,18). The van der Waals surface area contributed by atoms with Gasteiger partial charge in [-0.1, -0.05) is 0 Å². The van der Waals surface area contributed by atoms with E-state index in [1.54, 1.807) is 6.92 Å². The average molecular weight is 315 g/mol. The van der Waals surface area contributed by atoms with Gasteiger partial charge in [-0.15, -0.1) is 0 Å². The van der Waals surface area contributed by atoms with Gasteiger partial charge in [-0.25, -0.2) is 4.39 Å². The Hall–Kier alpha value is -1.43. The van der Waals surface area contributed by atoms with Crippen LogP contribution in [0.3, 0.4) is 0 Å². The Morgan fingerprint density at radius 1 is 1.56 bits per heavy atom. The molecule has 1 aliphatic heterocycles. The van der Waals surface area contributed by atoms with Gasteiger partial charge in [-0.3, -0.25) is 9.59 Å². The van der Waals surface area contributed by atoms with E-state index in [1.165, 1.54) is 17.0 Å². The van der Waals surface area contributed by atoms with Crippen LogP contribution in [0, 0.1) is 18.7 Å². The molecule has 2 N–H and O–H groups in total. The first kappa shape index (κ1) is 13.0. The van der Waals surface area contributed by atoms with Crippen LogP contribution in [0.5, 0.6) is 0 Å². The van der Waals surface area contributed by atoms with E-state index in [4.69, 9.17) is 5.73 Å². The van der Waals surface area contributed by atoms with Crippen LogP contribution in [0.15, 0.2) is 16.6 Å². The molecule has 0 aromatic heterocycles. The average Bonchev–Trinajstić information content (AvgIpc) is 2.59. The van der Waals surface area contributed by atoms with Gasteiger partial charge in [0.05, 0.1) is 11.6 Å². The number of aryl methyl sites for hydroxylation is 1. The molecule has 6 heteroatoms. The smallest absolute Gasteiger partial charge is 0.227 e. The first-order chi connectivity index (χ1) is 8.40. The molecule has 1 fully saturated rings. The van der Waals surface area contributed by atoms with Crippen molar-refractivity contribution in [1.82, 2.24) is 0 Å². The molecule has 1 aromatic carbocycles. The lowest BCUT2D eigenvalue weighted by molar-refractivity contribution is -0.123. The summed E-state index contributed by atoms with van der Waals surface area (Å²) in [7, 11) is 0. The monoisotopic (exact) mass is 314 g/mol. The molecule has 0 radical (unpaired) electrons. The zero-order valence-electron chi connectivity index (χ0n) is 9.74. The summed E-state index contributed by atoms with van der Waals surface area (Å²) in [5, 5.41) is 0. The lowest BCUT2D eigenvalue weighted by Crippen LogP contribution is -2.29. The highest BCUT2D eigenvalue weighted by Crippen LogP contribution is 2.35. The molecule has 96 valence electrons. The molecule has 1 atom stereocenters. The summed E-state index contributed by atoms with van der Waals surface area (Å²) in [6, 6.07) is 2.65. The minimum absolute atomic E-state index is 0.110. The maximum Gasteiger partial charge on any atom is 0.227 e. The Balaban J connectivity index is 2.39. The highest BCUT2D eigenvalue weighted by atomic mass is 79.9. The predicted molar refractivity (Wildman–Crippen MR) is 68.5 cm³/mol. The Morgan fingerprint density at radius 3 is 2.72 bits per heavy atom. The van der Waals surface area contributed by atoms with E-state index in [-0.39, 0.29) is 24.7 Å². The van der Waals surface area contributed by atoms with E-state index >= 15 is 0 Å². The minimum atomic E-state index is -0.485. The molecule has 0 saturated carbocycles. The summed E-state index contributed by atoms with van der Waals surface area (Å²) in [5.74, 6) is -1.51. The highest BCUT2D eigenvalue weighted by Gasteiger charge is 2.35. The van der Waals surface area contributed by atoms with E-state index in [2.05, 4.69) is 15.9 Å². The molecule has 2 amide bonds. The molecule has 1 aliphatic rings. The predicted octanol–water partition coefficient (Wildman–Crippen LogP) is 1.73. The number of carbonyl (C=O) groups is 2. The minimum Gasteiger partial charge on any atom is -0.369 e. The first-order valence-corrected chi connectivity index (χ1v) is 6.24. The van der Waals surface area contributed by atoms with Gasteiger partial charge in [-0.2, -0.15) is 0 Å². The summed E-state index contributed by atoms with van der Waals surface area (Å²) >= 11 is 3.24. The lowest BCUT2D eigenvalue weighted by Gasteiger charge is -2.20. The van der Waals surface area contributed by atoms with Crippen molar-refractivity contribution in [3.8, 4) is 0 Å². The third-order valence-corrected chi connectivity index (χ3v) is 3.62. The maximum atomic E-state index is 13.2. The summed E-state index contributed by atoms with van der Waals surface area (Å²) in [5.41, 5.74) is 6.45. The highest BCUT2D eigenvalue weighted by molar-refractivity contribution is 9.10. The molecule has 1 heterocycles. The number of halogens is 2. The van der Waals surface area contributed by atoms with E-state index in [0.29, 0.717) is 15.7 Å². The van der Waals surface area contributed by atoms with Crippen molar-refractivity contribution in [2.45, 2.75) is 13.3 Å². The van der Waals surface area contributed by atoms with E-state index in [1.807, 2.05) is 0 Å². The zero-order chi connectivity index (χ0) is 13.4. The van der Waals surface area contributed by atoms with Gasteiger partial charge in [0.15, 0.2) is 0 Å². The maximum absolute atomic E-state index is 13.2. The number of rotatable bonds is 2. The Morgan fingerprint density at radius 2 is 2.22 bits per heavy atom. The van der Waals surface area contributed by atoms with Gasteiger partial charge in [0, 0.05) is 17.4 Å². The van der Waals surface area contributed by atoms with Crippen LogP contribution in [-0.4, -0.2) is 18.4 Å². The van der Waals surface area contributed by atoms with Crippen LogP contribution in [0.1, 0.15) is 12.0 Å². The molecular weight excluding hydrogens is 303 g/mol. The van der Waals surface area contributed by atoms with Crippen molar-refractivity contribution in [3.63, 3.8) is 0 Å². The molecule has 1 aromatic rings. The second kappa shape index (κ2) is 4.68. The fraction of sp³-hybridized carbons (Fsp3) is 0.333. The van der Waals surface area contributed by atoms with Gasteiger partial charge in [0.25, 0.3) is 0 Å². The van der Waals surface area contributed by atoms with Crippen molar-refractivity contribution in [2.75, 3.05) is 11.4 Å². The summed E-state index contributed by atoms with van der Waals surface area (Å²) < 4.78 is 13.7. The largest absolute Gasteiger partial charge is 0.369 e. The van der Waals surface area contributed by atoms with Gasteiger partial charge in [-0.05, 0) is 40.5 Å². The van der Waals surface area contributed by atoms with Crippen molar-refractivity contribution in [3.05, 3.63) is 28.0 Å². The van der Waals surface area contributed by atoms with E-state index in [0.717, 1.165) is 0 Å². The quantitative estimate of drug-likeness (QED) is 0.903. The molecule has 0 bridgehead atoms. The number of carbonyl (C=O) groups excluding carboxylic acids is 2. The van der Waals surface area contributed by atoms with Crippen molar-refractivity contribution in [2.24, 2.45) is 11.7 Å². The second-order valence-electron chi connectivity index (χ2n) is 4.36. The molecule has 0 aliphatic carbocycles. The molecule has 1 saturated heterocycles. The normalized spacial score (nSPS) is 19.4. The summed E-state index contributed by atoms with van der Waals surface area (Å²) in [6.07, 6.45) is 0.110. The van der Waals surface area contributed by atoms with Gasteiger partial charge >= 0.3 is 0 Å². The molecule has 2 rings (SSSR count). The third kappa shape index (κ3) is 2.25. The van der Waals surface area contributed by atoms with E-state index < -0.39 is 11.8 Å². The number of amides is 2. The van der Waals surface area contributed by atoms with Crippen LogP contribution in [0.2, 0.25) is 0 Å². The van der Waals surface area contributed by atoms with Crippen LogP contribution in [-0.2, 0) is 9.59 Å². The van der Waals surface area contributed by atoms with Gasteiger partial charge in [0.1, 0.15) is 5.82 Å². The second-order valence-corrected chi connectivity index (χ2v) is 5.22. The fourth-order valence-corrected chi connectivity index (χ4v) is 2.90. The van der Waals surface area contributed by atoms with Crippen molar-refractivity contribution in [1.29, 1.82) is 0 Å². The van der Waals surface area contributed by atoms with Crippen LogP contribution in [0.4, 0.5) is 10.1 Å². The Kier molecular flexibility index (Phi) is 3.38. The summed E-state index contributed by atoms with van der Waals surface area (Å²) in [6.45, 7) is 1.97. The molecule has 1 unspecified atom stereocenters. The van der Waals surface area contributed by atoms with Crippen LogP contribution in [0.25, 0.3) is 0 Å².